The molecular weight excluding hydrogens is 393 g/mol. The van der Waals surface area contributed by atoms with Crippen molar-refractivity contribution >= 4 is 11.6 Å². The Hall–Kier alpha value is -3.19. The molecule has 1 unspecified atom stereocenters. The van der Waals surface area contributed by atoms with Gasteiger partial charge in [-0.25, -0.2) is 9.37 Å². The number of benzene rings is 2. The Balaban J connectivity index is 1.21. The SMILES string of the molecule is CC(C(=O)NCCN1CCN(c2ccc(F)cc2)CC1)c1cnc(-c2ccccc2)[nH]1. The van der Waals surface area contributed by atoms with Gasteiger partial charge in [0, 0.05) is 62.4 Å². The molecule has 7 heteroatoms. The standard InChI is InChI=1S/C24H28FN5O/c1-18(22-17-27-23(28-22)19-5-3-2-4-6-19)24(31)26-11-12-29-13-15-30(16-14-29)21-9-7-20(25)8-10-21/h2-10,17-18H,11-16H2,1H3,(H,26,31)(H,27,28). The minimum atomic E-state index is -0.291. The number of anilines is 1. The lowest BCUT2D eigenvalue weighted by atomic mass is 10.1. The summed E-state index contributed by atoms with van der Waals surface area (Å²) >= 11 is 0. The normalized spacial score (nSPS) is 15.6. The van der Waals surface area contributed by atoms with Gasteiger partial charge in [-0.05, 0) is 31.2 Å². The van der Waals surface area contributed by atoms with Crippen LogP contribution in [-0.2, 0) is 4.79 Å². The van der Waals surface area contributed by atoms with E-state index < -0.39 is 0 Å². The first-order valence-electron chi connectivity index (χ1n) is 10.7. The van der Waals surface area contributed by atoms with Gasteiger partial charge in [-0.3, -0.25) is 9.69 Å². The van der Waals surface area contributed by atoms with Gasteiger partial charge in [-0.2, -0.15) is 0 Å². The van der Waals surface area contributed by atoms with Crippen LogP contribution in [0.15, 0.2) is 60.8 Å². The number of nitrogens with one attached hydrogen (secondary N) is 2. The second-order valence-electron chi connectivity index (χ2n) is 7.87. The number of halogens is 1. The number of H-pyrrole nitrogens is 1. The monoisotopic (exact) mass is 421 g/mol. The summed E-state index contributed by atoms with van der Waals surface area (Å²) < 4.78 is 13.1. The molecule has 0 radical (unpaired) electrons. The average molecular weight is 422 g/mol. The van der Waals surface area contributed by atoms with Gasteiger partial charge < -0.3 is 15.2 Å². The van der Waals surface area contributed by atoms with Crippen LogP contribution in [0.1, 0.15) is 18.5 Å². The van der Waals surface area contributed by atoms with E-state index >= 15 is 0 Å². The van der Waals surface area contributed by atoms with E-state index in [2.05, 4.69) is 25.1 Å². The van der Waals surface area contributed by atoms with Gasteiger partial charge in [-0.15, -0.1) is 0 Å². The van der Waals surface area contributed by atoms with Crippen LogP contribution in [0.25, 0.3) is 11.4 Å². The van der Waals surface area contributed by atoms with Crippen LogP contribution in [0.5, 0.6) is 0 Å². The molecule has 0 spiro atoms. The number of aromatic amines is 1. The van der Waals surface area contributed by atoms with Gasteiger partial charge in [0.25, 0.3) is 0 Å². The summed E-state index contributed by atoms with van der Waals surface area (Å²) in [4.78, 5) is 24.9. The van der Waals surface area contributed by atoms with E-state index in [9.17, 15) is 9.18 Å². The highest BCUT2D eigenvalue weighted by atomic mass is 19.1. The Morgan fingerprint density at radius 2 is 1.81 bits per heavy atom. The molecule has 2 heterocycles. The Morgan fingerprint density at radius 3 is 2.52 bits per heavy atom. The average Bonchev–Trinajstić information content (AvgIpc) is 3.30. The summed E-state index contributed by atoms with van der Waals surface area (Å²) in [5.41, 5.74) is 2.86. The summed E-state index contributed by atoms with van der Waals surface area (Å²) in [7, 11) is 0. The summed E-state index contributed by atoms with van der Waals surface area (Å²) in [5, 5.41) is 3.04. The van der Waals surface area contributed by atoms with E-state index in [1.54, 1.807) is 6.20 Å². The minimum Gasteiger partial charge on any atom is -0.369 e. The highest BCUT2D eigenvalue weighted by molar-refractivity contribution is 5.82. The molecule has 0 bridgehead atoms. The molecule has 31 heavy (non-hydrogen) atoms. The Kier molecular flexibility index (Phi) is 6.62. The molecule has 1 aliphatic heterocycles. The zero-order valence-electron chi connectivity index (χ0n) is 17.7. The smallest absolute Gasteiger partial charge is 0.228 e. The number of carbonyl (C=O) groups excluding carboxylic acids is 1. The van der Waals surface area contributed by atoms with Gasteiger partial charge >= 0.3 is 0 Å². The van der Waals surface area contributed by atoms with Crippen molar-refractivity contribution in [2.24, 2.45) is 0 Å². The molecule has 162 valence electrons. The van der Waals surface area contributed by atoms with Crippen molar-refractivity contribution < 1.29 is 9.18 Å². The number of nitrogens with zero attached hydrogens (tertiary/aromatic N) is 3. The predicted octanol–water partition coefficient (Wildman–Crippen LogP) is 3.26. The first kappa shape index (κ1) is 21.1. The van der Waals surface area contributed by atoms with E-state index in [0.717, 1.165) is 55.5 Å². The number of rotatable bonds is 7. The topological polar surface area (TPSA) is 64.3 Å². The number of imidazole rings is 1. The third-order valence-electron chi connectivity index (χ3n) is 5.79. The van der Waals surface area contributed by atoms with Gasteiger partial charge in [0.05, 0.1) is 5.92 Å². The summed E-state index contributed by atoms with van der Waals surface area (Å²) in [5.74, 6) is 0.265. The molecule has 1 saturated heterocycles. The predicted molar refractivity (Wildman–Crippen MR) is 121 cm³/mol. The summed E-state index contributed by atoms with van der Waals surface area (Å²) in [6.07, 6.45) is 1.74. The van der Waals surface area contributed by atoms with Crippen molar-refractivity contribution in [3.8, 4) is 11.4 Å². The number of aromatic nitrogens is 2. The number of hydrogen-bond donors (Lipinski definition) is 2. The second kappa shape index (κ2) is 9.75. The maximum Gasteiger partial charge on any atom is 0.228 e. The van der Waals surface area contributed by atoms with Crippen molar-refractivity contribution in [1.29, 1.82) is 0 Å². The Labute approximate surface area is 182 Å². The highest BCUT2D eigenvalue weighted by Gasteiger charge is 2.20. The number of hydrogen-bond acceptors (Lipinski definition) is 4. The highest BCUT2D eigenvalue weighted by Crippen LogP contribution is 2.20. The summed E-state index contributed by atoms with van der Waals surface area (Å²) in [6, 6.07) is 16.5. The lowest BCUT2D eigenvalue weighted by Gasteiger charge is -2.36. The fourth-order valence-corrected chi connectivity index (χ4v) is 3.81. The zero-order valence-corrected chi connectivity index (χ0v) is 17.7. The molecule has 1 fully saturated rings. The van der Waals surface area contributed by atoms with Gasteiger partial charge in [0.2, 0.25) is 5.91 Å². The number of amides is 1. The van der Waals surface area contributed by atoms with Crippen LogP contribution in [0.3, 0.4) is 0 Å². The van der Waals surface area contributed by atoms with E-state index in [1.165, 1.54) is 12.1 Å². The van der Waals surface area contributed by atoms with Crippen LogP contribution in [0.2, 0.25) is 0 Å². The molecule has 1 atom stereocenters. The lowest BCUT2D eigenvalue weighted by molar-refractivity contribution is -0.122. The molecule has 0 saturated carbocycles. The first-order valence-corrected chi connectivity index (χ1v) is 10.7. The fourth-order valence-electron chi connectivity index (χ4n) is 3.81. The van der Waals surface area contributed by atoms with Crippen molar-refractivity contribution in [3.05, 3.63) is 72.3 Å². The minimum absolute atomic E-state index is 0.00629. The van der Waals surface area contributed by atoms with Crippen LogP contribution in [-0.4, -0.2) is 60.0 Å². The maximum absolute atomic E-state index is 13.1. The van der Waals surface area contributed by atoms with Crippen LogP contribution < -0.4 is 10.2 Å². The molecule has 2 aromatic carbocycles. The molecule has 4 rings (SSSR count). The van der Waals surface area contributed by atoms with E-state index in [4.69, 9.17) is 0 Å². The molecule has 1 amide bonds. The fraction of sp³-hybridized carbons (Fsp3) is 0.333. The molecule has 2 N–H and O–H groups in total. The Bertz CT molecular complexity index is 981. The van der Waals surface area contributed by atoms with Gasteiger partial charge in [0.1, 0.15) is 11.6 Å². The number of piperazine rings is 1. The van der Waals surface area contributed by atoms with Crippen molar-refractivity contribution in [2.45, 2.75) is 12.8 Å². The molecule has 1 aromatic heterocycles. The zero-order chi connectivity index (χ0) is 21.6. The molecule has 3 aromatic rings. The van der Waals surface area contributed by atoms with Crippen LogP contribution in [0.4, 0.5) is 10.1 Å². The van der Waals surface area contributed by atoms with Crippen molar-refractivity contribution in [1.82, 2.24) is 20.2 Å². The second-order valence-corrected chi connectivity index (χ2v) is 7.87. The summed E-state index contributed by atoms with van der Waals surface area (Å²) in [6.45, 7) is 6.94. The van der Waals surface area contributed by atoms with Crippen molar-refractivity contribution in [3.63, 3.8) is 0 Å². The van der Waals surface area contributed by atoms with Crippen LogP contribution in [0, 0.1) is 5.82 Å². The third-order valence-corrected chi connectivity index (χ3v) is 5.79. The molecule has 1 aliphatic rings. The molecule has 0 aliphatic carbocycles. The van der Waals surface area contributed by atoms with E-state index in [0.29, 0.717) is 6.54 Å². The molecule has 6 nitrogen and oxygen atoms in total. The van der Waals surface area contributed by atoms with Crippen LogP contribution >= 0.6 is 0 Å². The quantitative estimate of drug-likeness (QED) is 0.615. The van der Waals surface area contributed by atoms with Gasteiger partial charge in [-0.1, -0.05) is 30.3 Å². The largest absolute Gasteiger partial charge is 0.369 e. The number of carbonyl (C=O) groups is 1. The molecular formula is C24H28FN5O. The van der Waals surface area contributed by atoms with E-state index in [-0.39, 0.29) is 17.6 Å². The maximum atomic E-state index is 13.1. The van der Waals surface area contributed by atoms with Gasteiger partial charge in [0.15, 0.2) is 0 Å². The van der Waals surface area contributed by atoms with E-state index in [1.807, 2.05) is 49.4 Å². The lowest BCUT2D eigenvalue weighted by Crippen LogP contribution is -2.48. The first-order chi connectivity index (χ1) is 15.1. The third kappa shape index (κ3) is 5.30. The Morgan fingerprint density at radius 1 is 1.10 bits per heavy atom. The van der Waals surface area contributed by atoms with Crippen molar-refractivity contribution in [2.75, 3.05) is 44.2 Å².